The highest BCUT2D eigenvalue weighted by atomic mass is 32.1. The highest BCUT2D eigenvalue weighted by molar-refractivity contribution is 7.09. The van der Waals surface area contributed by atoms with Crippen LogP contribution in [0, 0.1) is 11.3 Å². The first-order valence-electron chi connectivity index (χ1n) is 4.94. The first-order chi connectivity index (χ1) is 8.29. The second-order valence-corrected chi connectivity index (χ2v) is 4.38. The number of fused-ring (bicyclic) bond motifs is 1. The number of imidazole rings is 1. The van der Waals surface area contributed by atoms with Gasteiger partial charge in [-0.3, -0.25) is 0 Å². The minimum Gasteiger partial charge on any atom is -0.326 e. The molecule has 0 unspecified atom stereocenters. The van der Waals surface area contributed by atoms with Gasteiger partial charge in [0.25, 0.3) is 0 Å². The second kappa shape index (κ2) is 3.64. The zero-order chi connectivity index (χ0) is 11.8. The number of benzene rings is 1. The molecule has 1 aromatic carbocycles. The summed E-state index contributed by atoms with van der Waals surface area (Å²) >= 11 is 1.31. The Kier molecular flexibility index (Phi) is 2.13. The van der Waals surface area contributed by atoms with Crippen molar-refractivity contribution < 1.29 is 0 Å². The summed E-state index contributed by atoms with van der Waals surface area (Å²) in [4.78, 5) is 5.42. The Morgan fingerprint density at radius 2 is 2.29 bits per heavy atom. The minimum atomic E-state index is 0.615. The van der Waals surface area contributed by atoms with Gasteiger partial charge in [0.15, 0.2) is 5.82 Å². The van der Waals surface area contributed by atoms with E-state index < -0.39 is 0 Å². The summed E-state index contributed by atoms with van der Waals surface area (Å²) < 4.78 is 5.81. The zero-order valence-electron chi connectivity index (χ0n) is 8.95. The smallest absolute Gasteiger partial charge is 0.154 e. The third-order valence-electron chi connectivity index (χ3n) is 2.59. The van der Waals surface area contributed by atoms with Crippen LogP contribution in [0.2, 0.25) is 0 Å². The molecule has 0 aliphatic heterocycles. The number of aryl methyl sites for hydroxylation is 1. The SMILES string of the molecule is Cn1c(-c2cnns2)nc2cc(C#N)ccc21. The summed E-state index contributed by atoms with van der Waals surface area (Å²) in [6.45, 7) is 0. The fourth-order valence-electron chi connectivity index (χ4n) is 1.76. The molecule has 5 nitrogen and oxygen atoms in total. The van der Waals surface area contributed by atoms with E-state index in [9.17, 15) is 0 Å². The van der Waals surface area contributed by atoms with Crippen LogP contribution < -0.4 is 0 Å². The Morgan fingerprint density at radius 3 is 3.00 bits per heavy atom. The third kappa shape index (κ3) is 1.48. The van der Waals surface area contributed by atoms with Crippen LogP contribution in [0.3, 0.4) is 0 Å². The van der Waals surface area contributed by atoms with Crippen LogP contribution in [0.25, 0.3) is 21.7 Å². The van der Waals surface area contributed by atoms with E-state index in [1.165, 1.54) is 11.5 Å². The van der Waals surface area contributed by atoms with Crippen molar-refractivity contribution in [3.8, 4) is 16.8 Å². The average molecular weight is 241 g/mol. The highest BCUT2D eigenvalue weighted by Gasteiger charge is 2.11. The summed E-state index contributed by atoms with van der Waals surface area (Å²) in [5.74, 6) is 0.824. The number of nitriles is 1. The zero-order valence-corrected chi connectivity index (χ0v) is 9.77. The van der Waals surface area contributed by atoms with Gasteiger partial charge in [0, 0.05) is 7.05 Å². The van der Waals surface area contributed by atoms with Gasteiger partial charge in [-0.25, -0.2) is 4.98 Å². The molecule has 2 heterocycles. The summed E-state index contributed by atoms with van der Waals surface area (Å²) in [5.41, 5.74) is 2.42. The molecule has 0 bridgehead atoms. The van der Waals surface area contributed by atoms with Crippen molar-refractivity contribution in [2.75, 3.05) is 0 Å². The van der Waals surface area contributed by atoms with E-state index in [1.54, 1.807) is 18.3 Å². The van der Waals surface area contributed by atoms with Gasteiger partial charge in [-0.05, 0) is 29.7 Å². The molecule has 6 heteroatoms. The third-order valence-corrected chi connectivity index (χ3v) is 3.25. The van der Waals surface area contributed by atoms with Crippen LogP contribution in [0.4, 0.5) is 0 Å². The molecule has 2 aromatic heterocycles. The summed E-state index contributed by atoms with van der Waals surface area (Å²) in [7, 11) is 1.94. The molecular formula is C11H7N5S. The molecule has 3 aromatic rings. The van der Waals surface area contributed by atoms with Gasteiger partial charge in [-0.2, -0.15) is 5.26 Å². The van der Waals surface area contributed by atoms with E-state index in [0.717, 1.165) is 21.7 Å². The lowest BCUT2D eigenvalue weighted by Crippen LogP contribution is -1.90. The number of nitrogens with zero attached hydrogens (tertiary/aromatic N) is 5. The van der Waals surface area contributed by atoms with Crippen LogP contribution in [-0.4, -0.2) is 19.1 Å². The quantitative estimate of drug-likeness (QED) is 0.653. The van der Waals surface area contributed by atoms with Gasteiger partial charge in [0.1, 0.15) is 4.88 Å². The molecule has 0 spiro atoms. The highest BCUT2D eigenvalue weighted by Crippen LogP contribution is 2.25. The topological polar surface area (TPSA) is 67.4 Å². The molecule has 0 saturated carbocycles. The van der Waals surface area contributed by atoms with Crippen molar-refractivity contribution in [2.45, 2.75) is 0 Å². The Morgan fingerprint density at radius 1 is 1.41 bits per heavy atom. The summed E-state index contributed by atoms with van der Waals surface area (Å²) in [6.07, 6.45) is 1.69. The maximum atomic E-state index is 8.85. The number of hydrogen-bond acceptors (Lipinski definition) is 5. The van der Waals surface area contributed by atoms with Crippen LogP contribution in [0.15, 0.2) is 24.4 Å². The molecule has 0 aliphatic rings. The average Bonchev–Trinajstić information content (AvgIpc) is 2.97. The molecule has 0 aliphatic carbocycles. The number of rotatable bonds is 1. The van der Waals surface area contributed by atoms with Crippen molar-refractivity contribution in [3.05, 3.63) is 30.0 Å². The van der Waals surface area contributed by atoms with Crippen molar-refractivity contribution in [2.24, 2.45) is 7.05 Å². The lowest BCUT2D eigenvalue weighted by Gasteiger charge is -1.97. The fourth-order valence-corrected chi connectivity index (χ4v) is 2.30. The molecule has 0 N–H and O–H groups in total. The molecule has 0 amide bonds. The molecule has 0 radical (unpaired) electrons. The van der Waals surface area contributed by atoms with E-state index in [1.807, 2.05) is 17.7 Å². The standard InChI is InChI=1S/C11H7N5S/c1-16-9-3-2-7(5-12)4-8(9)14-11(16)10-6-13-15-17-10/h2-4,6H,1H3. The van der Waals surface area contributed by atoms with Crippen LogP contribution in [0.5, 0.6) is 0 Å². The fraction of sp³-hybridized carbons (Fsp3) is 0.0909. The van der Waals surface area contributed by atoms with Crippen LogP contribution in [-0.2, 0) is 7.05 Å². The minimum absolute atomic E-state index is 0.615. The first-order valence-corrected chi connectivity index (χ1v) is 5.71. The number of hydrogen-bond donors (Lipinski definition) is 0. The van der Waals surface area contributed by atoms with Crippen LogP contribution in [0.1, 0.15) is 5.56 Å². The van der Waals surface area contributed by atoms with E-state index in [2.05, 4.69) is 20.6 Å². The van der Waals surface area contributed by atoms with E-state index >= 15 is 0 Å². The summed E-state index contributed by atoms with van der Waals surface area (Å²) in [6, 6.07) is 7.59. The van der Waals surface area contributed by atoms with Crippen molar-refractivity contribution in [1.82, 2.24) is 19.1 Å². The van der Waals surface area contributed by atoms with E-state index in [0.29, 0.717) is 5.56 Å². The number of aromatic nitrogens is 4. The normalized spacial score (nSPS) is 10.6. The lowest BCUT2D eigenvalue weighted by atomic mass is 10.2. The first kappa shape index (κ1) is 9.93. The Bertz CT molecular complexity index is 720. The van der Waals surface area contributed by atoms with Gasteiger partial charge < -0.3 is 4.57 Å². The molecule has 0 saturated heterocycles. The molecule has 3 rings (SSSR count). The summed E-state index contributed by atoms with van der Waals surface area (Å²) in [5, 5.41) is 12.7. The maximum Gasteiger partial charge on any atom is 0.154 e. The Balaban J connectivity index is 2.29. The van der Waals surface area contributed by atoms with E-state index in [-0.39, 0.29) is 0 Å². The molecule has 82 valence electrons. The van der Waals surface area contributed by atoms with Gasteiger partial charge >= 0.3 is 0 Å². The van der Waals surface area contributed by atoms with Gasteiger partial charge in [0.2, 0.25) is 0 Å². The molecular weight excluding hydrogens is 234 g/mol. The van der Waals surface area contributed by atoms with Gasteiger partial charge in [-0.15, -0.1) is 5.10 Å². The molecule has 0 fully saturated rings. The van der Waals surface area contributed by atoms with Crippen molar-refractivity contribution in [1.29, 1.82) is 5.26 Å². The largest absolute Gasteiger partial charge is 0.326 e. The lowest BCUT2D eigenvalue weighted by molar-refractivity contribution is 0.962. The predicted molar refractivity (Wildman–Crippen MR) is 64.3 cm³/mol. The van der Waals surface area contributed by atoms with Crippen LogP contribution >= 0.6 is 11.5 Å². The van der Waals surface area contributed by atoms with Gasteiger partial charge in [-0.1, -0.05) is 4.49 Å². The maximum absolute atomic E-state index is 8.85. The Hall–Kier alpha value is -2.26. The van der Waals surface area contributed by atoms with Gasteiger partial charge in [0.05, 0.1) is 28.9 Å². The molecule has 17 heavy (non-hydrogen) atoms. The van der Waals surface area contributed by atoms with Crippen molar-refractivity contribution in [3.63, 3.8) is 0 Å². The van der Waals surface area contributed by atoms with Crippen molar-refractivity contribution >= 4 is 22.6 Å². The Labute approximate surface area is 101 Å². The molecule has 0 atom stereocenters. The van der Waals surface area contributed by atoms with E-state index in [4.69, 9.17) is 5.26 Å². The predicted octanol–water partition coefficient (Wildman–Crippen LogP) is 1.96. The monoisotopic (exact) mass is 241 g/mol. The second-order valence-electron chi connectivity index (χ2n) is 3.59.